The predicted octanol–water partition coefficient (Wildman–Crippen LogP) is 4.29. The largest absolute Gasteiger partial charge is 0.502 e. The number of alkyl halides is 6. The summed E-state index contributed by atoms with van der Waals surface area (Å²) < 4.78 is 105. The summed E-state index contributed by atoms with van der Waals surface area (Å²) in [5.41, 5.74) is -2.12. The minimum Gasteiger partial charge on any atom is -0.462 e. The van der Waals surface area contributed by atoms with Gasteiger partial charge in [-0.3, -0.25) is 0 Å². The molecule has 8 nitrogen and oxygen atoms in total. The first-order chi connectivity index (χ1) is 16.6. The third-order valence-electron chi connectivity index (χ3n) is 4.95. The summed E-state index contributed by atoms with van der Waals surface area (Å²) >= 11 is 11.9. The minimum atomic E-state index is -6.12. The lowest BCUT2D eigenvalue weighted by atomic mass is 9.80. The van der Waals surface area contributed by atoms with Gasteiger partial charge < -0.3 is 15.6 Å². The molecule has 0 fully saturated rings. The Labute approximate surface area is 208 Å². The minimum absolute atomic E-state index is 0.415. The number of benzene rings is 2. The quantitative estimate of drug-likeness (QED) is 0.355. The molecule has 4 N–H and O–H groups in total. The molecule has 0 aliphatic rings. The van der Waals surface area contributed by atoms with E-state index in [2.05, 4.69) is 20.1 Å². The van der Waals surface area contributed by atoms with Gasteiger partial charge in [0.1, 0.15) is 11.5 Å². The monoisotopic (exact) mass is 570 g/mol. The molecule has 0 bridgehead atoms. The first-order valence-electron chi connectivity index (χ1n) is 9.54. The number of nitrogen functional groups attached to an aromatic ring is 1. The normalized spacial score (nSPS) is 12.8. The molecule has 2 heterocycles. The third-order valence-corrected chi connectivity index (χ3v) is 7.07. The molecule has 0 aliphatic heterocycles. The molecule has 0 amide bonds. The van der Waals surface area contributed by atoms with E-state index in [4.69, 9.17) is 28.9 Å². The number of aromatic nitrogens is 5. The lowest BCUT2D eigenvalue weighted by molar-refractivity contribution is -0.298. The molecule has 0 spiro atoms. The molecule has 190 valence electrons. The summed E-state index contributed by atoms with van der Waals surface area (Å²) in [6, 6.07) is 9.28. The van der Waals surface area contributed by atoms with Crippen molar-refractivity contribution < 1.29 is 39.7 Å². The van der Waals surface area contributed by atoms with Gasteiger partial charge in [0.15, 0.2) is 10.6 Å². The van der Waals surface area contributed by atoms with Gasteiger partial charge >= 0.3 is 11.7 Å². The maximum Gasteiger partial charge on any atom is 0.502 e. The second-order valence-electron chi connectivity index (χ2n) is 7.29. The fraction of sp³-hybridized carbons (Fsp3) is 0.111. The Bertz CT molecular complexity index is 1550. The van der Waals surface area contributed by atoms with Crippen LogP contribution in [0.2, 0.25) is 10.0 Å². The highest BCUT2D eigenvalue weighted by molar-refractivity contribution is 7.92. The summed E-state index contributed by atoms with van der Waals surface area (Å²) in [5.74, 6) is -1.53. The highest BCUT2D eigenvalue weighted by Crippen LogP contribution is 2.42. The van der Waals surface area contributed by atoms with Crippen LogP contribution >= 0.6 is 23.2 Å². The van der Waals surface area contributed by atoms with E-state index < -0.39 is 71.7 Å². The number of sulfone groups is 1. The third kappa shape index (κ3) is 4.44. The lowest BCUT2D eigenvalue weighted by Gasteiger charge is -2.13. The zero-order valence-corrected chi connectivity index (χ0v) is 19.6. The molecule has 2 aromatic heterocycles. The van der Waals surface area contributed by atoms with Crippen LogP contribution in [0.5, 0.6) is 0 Å². The molecule has 0 radical (unpaired) electrons. The number of nitrogens with one attached hydrogen (secondary N) is 2. The highest BCUT2D eigenvalue weighted by Gasteiger charge is 2.51. The first-order valence-corrected chi connectivity index (χ1v) is 11.8. The topological polar surface area (TPSA) is 121 Å². The van der Waals surface area contributed by atoms with E-state index in [9.17, 15) is 34.8 Å². The lowest BCUT2D eigenvalue weighted by Crippen LogP contribution is -2.25. The van der Waals surface area contributed by atoms with Gasteiger partial charge in [-0.05, 0) is 17.2 Å². The Morgan fingerprint density at radius 2 is 1.61 bits per heavy atom. The Kier molecular flexibility index (Phi) is 6.33. The van der Waals surface area contributed by atoms with Crippen LogP contribution < -0.4 is 10.6 Å². The summed E-state index contributed by atoms with van der Waals surface area (Å²) in [5, 5.41) is 8.84. The fourth-order valence-corrected chi connectivity index (χ4v) is 4.94. The zero-order chi connectivity index (χ0) is 26.6. The van der Waals surface area contributed by atoms with E-state index in [1.54, 1.807) is 30.3 Å². The predicted molar refractivity (Wildman–Crippen MR) is 118 cm³/mol. The summed E-state index contributed by atoms with van der Waals surface area (Å²) in [4.78, 5) is 1.22. The SMILES string of the molecule is Nc1c(S(=O)(=O)C(F)(F)F)c(-c2n[nH][b-](-c3ccccc3)[nH+]2)nn1-c1c(Cl)cc(C(F)(F)F)cc1Cl. The smallest absolute Gasteiger partial charge is 0.462 e. The van der Waals surface area contributed by atoms with E-state index in [-0.39, 0.29) is 0 Å². The van der Waals surface area contributed by atoms with Gasteiger partial charge in [0, 0.05) is 0 Å². The first kappa shape index (κ1) is 26.0. The summed E-state index contributed by atoms with van der Waals surface area (Å²) in [6.07, 6.45) is -4.85. The number of hydrogen-bond donors (Lipinski definition) is 2. The molecule has 0 saturated heterocycles. The molecular weight excluding hydrogens is 560 g/mol. The van der Waals surface area contributed by atoms with Gasteiger partial charge in [-0.1, -0.05) is 53.5 Å². The van der Waals surface area contributed by atoms with Crippen molar-refractivity contribution in [2.24, 2.45) is 0 Å². The number of halogens is 8. The van der Waals surface area contributed by atoms with Crippen LogP contribution in [0.1, 0.15) is 5.56 Å². The van der Waals surface area contributed by atoms with Crippen LogP contribution in [0, 0.1) is 0 Å². The molecule has 36 heavy (non-hydrogen) atoms. The standard InChI is InChI=1S/C18H11BCl2F6N6O2S/c20-10-6-8(17(22,23)24)7-11(21)13(10)33-15(28)14(36(34,35)18(25,26)27)12(31-33)16-29-19(32-30-16)9-4-2-1-3-5-9/h1-7,29,32H,28H2. The molecule has 18 heteroatoms. The van der Waals surface area contributed by atoms with Gasteiger partial charge in [0.05, 0.1) is 15.6 Å². The van der Waals surface area contributed by atoms with Crippen LogP contribution in [0.4, 0.5) is 32.2 Å². The summed E-state index contributed by atoms with van der Waals surface area (Å²) in [6.45, 7) is -0.771. The van der Waals surface area contributed by atoms with Gasteiger partial charge in [0.25, 0.3) is 22.3 Å². The van der Waals surface area contributed by atoms with E-state index >= 15 is 0 Å². The summed E-state index contributed by atoms with van der Waals surface area (Å²) in [7, 11) is -6.12. The second-order valence-corrected chi connectivity index (χ2v) is 9.98. The van der Waals surface area contributed by atoms with E-state index in [1.165, 1.54) is 0 Å². The number of nitrogens with two attached hydrogens (primary N) is 1. The Morgan fingerprint density at radius 3 is 2.14 bits per heavy atom. The van der Waals surface area contributed by atoms with Crippen molar-refractivity contribution >= 4 is 45.5 Å². The molecule has 0 atom stereocenters. The maximum atomic E-state index is 13.5. The van der Waals surface area contributed by atoms with Crippen LogP contribution in [-0.4, -0.2) is 40.4 Å². The fourth-order valence-electron chi connectivity index (χ4n) is 3.31. The average Bonchev–Trinajstić information content (AvgIpc) is 3.38. The molecule has 0 aliphatic carbocycles. The number of rotatable bonds is 4. The van der Waals surface area contributed by atoms with E-state index in [0.29, 0.717) is 22.3 Å². The molecular formula is C18H11BCl2F6N6O2S. The van der Waals surface area contributed by atoms with Crippen molar-refractivity contribution in [3.8, 4) is 22.7 Å². The van der Waals surface area contributed by atoms with Crippen molar-refractivity contribution in [2.45, 2.75) is 16.6 Å². The van der Waals surface area contributed by atoms with Crippen LogP contribution in [0.3, 0.4) is 0 Å². The Morgan fingerprint density at radius 1 is 1.03 bits per heavy atom. The van der Waals surface area contributed by atoms with Crippen molar-refractivity contribution in [2.75, 3.05) is 5.73 Å². The maximum absolute atomic E-state index is 13.5. The number of anilines is 1. The van der Waals surface area contributed by atoms with Gasteiger partial charge in [0.2, 0.25) is 0 Å². The molecule has 2 aromatic carbocycles. The highest BCUT2D eigenvalue weighted by atomic mass is 35.5. The van der Waals surface area contributed by atoms with Crippen molar-refractivity contribution in [3.05, 3.63) is 58.1 Å². The number of hydrogen-bond acceptors (Lipinski definition) is 5. The Hall–Kier alpha value is -3.11. The van der Waals surface area contributed by atoms with Gasteiger partial charge in [-0.25, -0.2) is 13.1 Å². The van der Waals surface area contributed by atoms with E-state index in [1.807, 2.05) is 0 Å². The molecule has 0 saturated carbocycles. The molecule has 4 aromatic rings. The number of H-pyrrole nitrogens is 2. The van der Waals surface area contributed by atoms with Crippen molar-refractivity contribution in [1.82, 2.24) is 19.9 Å². The average molecular weight is 571 g/mol. The van der Waals surface area contributed by atoms with Gasteiger partial charge in [-0.2, -0.15) is 36.9 Å². The molecule has 0 unspecified atom stereocenters. The van der Waals surface area contributed by atoms with Crippen LogP contribution in [0.15, 0.2) is 47.4 Å². The van der Waals surface area contributed by atoms with Crippen LogP contribution in [0.25, 0.3) is 22.7 Å². The van der Waals surface area contributed by atoms with Crippen molar-refractivity contribution in [3.63, 3.8) is 0 Å². The van der Waals surface area contributed by atoms with Gasteiger partial charge in [-0.15, -0.1) is 0 Å². The number of aromatic amines is 2. The molecule has 4 rings (SSSR count). The Balaban J connectivity index is 1.99. The second kappa shape index (κ2) is 8.78. The zero-order valence-electron chi connectivity index (χ0n) is 17.3. The van der Waals surface area contributed by atoms with Crippen LogP contribution in [-0.2, 0) is 16.0 Å². The van der Waals surface area contributed by atoms with E-state index in [0.717, 1.165) is 0 Å². The van der Waals surface area contributed by atoms with Crippen molar-refractivity contribution in [1.29, 1.82) is 0 Å². The number of nitrogens with zero attached hydrogens (tertiary/aromatic N) is 3.